The van der Waals surface area contributed by atoms with E-state index in [1.165, 1.54) is 4.31 Å². The summed E-state index contributed by atoms with van der Waals surface area (Å²) >= 11 is 0. The van der Waals surface area contributed by atoms with Crippen molar-refractivity contribution >= 4 is 10.0 Å². The molecule has 0 bridgehead atoms. The highest BCUT2D eigenvalue weighted by Crippen LogP contribution is 2.52. The molecule has 3 aromatic rings. The van der Waals surface area contributed by atoms with Crippen molar-refractivity contribution < 1.29 is 13.5 Å². The van der Waals surface area contributed by atoms with E-state index in [4.69, 9.17) is 0 Å². The molecule has 0 spiro atoms. The molecule has 0 aliphatic carbocycles. The normalized spacial score (nSPS) is 23.0. The molecule has 4 nitrogen and oxygen atoms in total. The van der Waals surface area contributed by atoms with E-state index in [-0.39, 0.29) is 10.9 Å². The first kappa shape index (κ1) is 17.9. The molecule has 0 saturated carbocycles. The molecule has 1 aliphatic heterocycles. The summed E-state index contributed by atoms with van der Waals surface area (Å²) in [7, 11) is -3.71. The maximum atomic E-state index is 13.3. The lowest BCUT2D eigenvalue weighted by atomic mass is 10.0. The number of aliphatic hydroxyl groups is 1. The van der Waals surface area contributed by atoms with Crippen LogP contribution in [-0.4, -0.2) is 23.9 Å². The molecule has 1 N–H and O–H groups in total. The van der Waals surface area contributed by atoms with Crippen molar-refractivity contribution in [2.45, 2.75) is 30.0 Å². The summed E-state index contributed by atoms with van der Waals surface area (Å²) < 4.78 is 27.9. The Morgan fingerprint density at radius 1 is 0.852 bits per heavy atom. The van der Waals surface area contributed by atoms with Crippen molar-refractivity contribution in [3.05, 3.63) is 102 Å². The zero-order valence-electron chi connectivity index (χ0n) is 14.9. The van der Waals surface area contributed by atoms with Crippen LogP contribution in [0.1, 0.15) is 28.8 Å². The Hall–Kier alpha value is -2.47. The van der Waals surface area contributed by atoms with Gasteiger partial charge < -0.3 is 5.11 Å². The fourth-order valence-electron chi connectivity index (χ4n) is 3.52. The highest BCUT2D eigenvalue weighted by Gasteiger charge is 2.59. The lowest BCUT2D eigenvalue weighted by Crippen LogP contribution is -2.18. The van der Waals surface area contributed by atoms with Crippen LogP contribution in [0.25, 0.3) is 0 Å². The van der Waals surface area contributed by atoms with Crippen molar-refractivity contribution in [3.63, 3.8) is 0 Å². The van der Waals surface area contributed by atoms with E-state index in [2.05, 4.69) is 0 Å². The van der Waals surface area contributed by atoms with Crippen LogP contribution >= 0.6 is 0 Å². The molecule has 1 heterocycles. The number of hydrogen-bond donors (Lipinski definition) is 1. The Kier molecular flexibility index (Phi) is 4.60. The van der Waals surface area contributed by atoms with Gasteiger partial charge in [-0.3, -0.25) is 0 Å². The van der Waals surface area contributed by atoms with Crippen LogP contribution in [-0.2, 0) is 10.0 Å². The molecule has 27 heavy (non-hydrogen) atoms. The van der Waals surface area contributed by atoms with E-state index in [1.807, 2.05) is 67.6 Å². The molecule has 1 aliphatic rings. The molecule has 1 saturated heterocycles. The summed E-state index contributed by atoms with van der Waals surface area (Å²) in [6.45, 7) is 1.92. The average molecular weight is 379 g/mol. The molecule has 4 rings (SSSR count). The Balaban J connectivity index is 1.73. The topological polar surface area (TPSA) is 57.4 Å². The van der Waals surface area contributed by atoms with E-state index in [1.54, 1.807) is 24.3 Å². The largest absolute Gasteiger partial charge is 0.387 e. The van der Waals surface area contributed by atoms with Crippen LogP contribution in [0.4, 0.5) is 0 Å². The third-order valence-electron chi connectivity index (χ3n) is 5.00. The van der Waals surface area contributed by atoms with Crippen molar-refractivity contribution in [3.8, 4) is 0 Å². The molecule has 1 unspecified atom stereocenters. The molecule has 1 fully saturated rings. The number of aliphatic hydroxyl groups excluding tert-OH is 1. The van der Waals surface area contributed by atoms with Crippen LogP contribution in [0, 0.1) is 6.92 Å². The highest BCUT2D eigenvalue weighted by molar-refractivity contribution is 7.89. The zero-order valence-corrected chi connectivity index (χ0v) is 15.8. The van der Waals surface area contributed by atoms with Crippen LogP contribution in [0.2, 0.25) is 0 Å². The van der Waals surface area contributed by atoms with Crippen LogP contribution in [0.3, 0.4) is 0 Å². The quantitative estimate of drug-likeness (QED) is 0.685. The Morgan fingerprint density at radius 3 is 2.00 bits per heavy atom. The lowest BCUT2D eigenvalue weighted by Gasteiger charge is -2.11. The summed E-state index contributed by atoms with van der Waals surface area (Å²) in [5.74, 6) is 0. The summed E-state index contributed by atoms with van der Waals surface area (Å²) in [5, 5.41) is 10.9. The number of rotatable bonds is 5. The number of benzene rings is 3. The Morgan fingerprint density at radius 2 is 1.41 bits per heavy atom. The zero-order chi connectivity index (χ0) is 19.0. The number of aryl methyl sites for hydroxylation is 1. The average Bonchev–Trinajstić information content (AvgIpc) is 3.46. The summed E-state index contributed by atoms with van der Waals surface area (Å²) in [6, 6.07) is 24.6. The summed E-state index contributed by atoms with van der Waals surface area (Å²) in [6.07, 6.45) is -0.892. The molecule has 0 amide bonds. The van der Waals surface area contributed by atoms with E-state index in [9.17, 15) is 13.5 Å². The maximum absolute atomic E-state index is 13.3. The predicted molar refractivity (Wildman–Crippen MR) is 105 cm³/mol. The third kappa shape index (κ3) is 3.30. The Labute approximate surface area is 159 Å². The first-order valence-corrected chi connectivity index (χ1v) is 10.3. The molecule has 5 heteroatoms. The van der Waals surface area contributed by atoms with Crippen molar-refractivity contribution in [1.82, 2.24) is 4.31 Å². The molecule has 0 aromatic heterocycles. The van der Waals surface area contributed by atoms with Gasteiger partial charge in [0, 0.05) is 0 Å². The fraction of sp³-hybridized carbons (Fsp3) is 0.182. The lowest BCUT2D eigenvalue weighted by molar-refractivity contribution is 0.166. The molecule has 3 aromatic carbocycles. The number of nitrogens with zero attached hydrogens (tertiary/aromatic N) is 1. The van der Waals surface area contributed by atoms with Crippen LogP contribution < -0.4 is 0 Å². The van der Waals surface area contributed by atoms with Gasteiger partial charge in [-0.25, -0.2) is 8.42 Å². The second kappa shape index (κ2) is 6.93. The van der Waals surface area contributed by atoms with Gasteiger partial charge in [-0.05, 0) is 30.2 Å². The Bertz CT molecular complexity index is 1020. The second-order valence-electron chi connectivity index (χ2n) is 6.85. The monoisotopic (exact) mass is 379 g/mol. The van der Waals surface area contributed by atoms with Gasteiger partial charge in [-0.2, -0.15) is 4.31 Å². The minimum atomic E-state index is -3.71. The third-order valence-corrected chi connectivity index (χ3v) is 6.90. The van der Waals surface area contributed by atoms with Crippen LogP contribution in [0.15, 0.2) is 89.8 Å². The summed E-state index contributed by atoms with van der Waals surface area (Å²) in [5.41, 5.74) is 2.60. The molecule has 4 atom stereocenters. The number of hydrogen-bond acceptors (Lipinski definition) is 3. The minimum Gasteiger partial charge on any atom is -0.387 e. The van der Waals surface area contributed by atoms with Crippen molar-refractivity contribution in [1.29, 1.82) is 0 Å². The van der Waals surface area contributed by atoms with E-state index in [0.29, 0.717) is 5.56 Å². The standard InChI is InChI=1S/C22H21NO3S/c1-16-12-14-19(15-13-16)27(25,26)23-20(17-8-4-2-5-9-17)21(23)22(24)18-10-6-3-7-11-18/h2-15,20-22,24H,1H3/t20-,21-,22+,23?/m0/s1. The predicted octanol–water partition coefficient (Wildman–Crippen LogP) is 3.84. The molecule has 0 radical (unpaired) electrons. The van der Waals surface area contributed by atoms with Gasteiger partial charge in [0.05, 0.1) is 23.1 Å². The van der Waals surface area contributed by atoms with Gasteiger partial charge in [0.25, 0.3) is 0 Å². The van der Waals surface area contributed by atoms with Gasteiger partial charge in [0.15, 0.2) is 0 Å². The van der Waals surface area contributed by atoms with E-state index >= 15 is 0 Å². The fourth-order valence-corrected chi connectivity index (χ4v) is 5.29. The minimum absolute atomic E-state index is 0.247. The van der Waals surface area contributed by atoms with Crippen molar-refractivity contribution in [2.24, 2.45) is 0 Å². The highest BCUT2D eigenvalue weighted by atomic mass is 32.2. The van der Waals surface area contributed by atoms with Gasteiger partial charge in [0.2, 0.25) is 10.0 Å². The molecular formula is C22H21NO3S. The maximum Gasteiger partial charge on any atom is 0.244 e. The van der Waals surface area contributed by atoms with Gasteiger partial charge in [-0.1, -0.05) is 78.4 Å². The van der Waals surface area contributed by atoms with Crippen molar-refractivity contribution in [2.75, 3.05) is 0 Å². The second-order valence-corrected chi connectivity index (χ2v) is 8.69. The molecule has 138 valence electrons. The van der Waals surface area contributed by atoms with Gasteiger partial charge in [0.1, 0.15) is 0 Å². The van der Waals surface area contributed by atoms with E-state index < -0.39 is 22.2 Å². The molecular weight excluding hydrogens is 358 g/mol. The number of sulfonamides is 1. The van der Waals surface area contributed by atoms with Gasteiger partial charge >= 0.3 is 0 Å². The summed E-state index contributed by atoms with van der Waals surface area (Å²) in [4.78, 5) is 0.247. The smallest absolute Gasteiger partial charge is 0.244 e. The first-order valence-electron chi connectivity index (χ1n) is 8.88. The first-order chi connectivity index (χ1) is 13.0. The SMILES string of the molecule is Cc1ccc(S(=O)(=O)N2[C@H]([C@H](O)c3ccccc3)[C@@H]2c2ccccc2)cc1. The van der Waals surface area contributed by atoms with Crippen LogP contribution in [0.5, 0.6) is 0 Å². The van der Waals surface area contributed by atoms with Gasteiger partial charge in [-0.15, -0.1) is 0 Å². The van der Waals surface area contributed by atoms with E-state index in [0.717, 1.165) is 11.1 Å².